The van der Waals surface area contributed by atoms with Gasteiger partial charge in [0.1, 0.15) is 0 Å². The van der Waals surface area contributed by atoms with Gasteiger partial charge in [-0.05, 0) is 22.4 Å². The molecule has 0 atom stereocenters. The van der Waals surface area contributed by atoms with Crippen LogP contribution in [0.5, 0.6) is 0 Å². The Balaban J connectivity index is 2.93. The molecule has 0 saturated carbocycles. The predicted molar refractivity (Wildman–Crippen MR) is 43.3 cm³/mol. The standard InChI is InChI=1S/C6H8SSi/c1-5(8)6-2-3-7-4-6/h2-4H,1H2,8H3. The van der Waals surface area contributed by atoms with E-state index in [2.05, 4.69) is 23.4 Å². The van der Waals surface area contributed by atoms with Crippen molar-refractivity contribution in [2.45, 2.75) is 0 Å². The molecule has 42 valence electrons. The fraction of sp³-hybridized carbons (Fsp3) is 0. The highest BCUT2D eigenvalue weighted by Crippen LogP contribution is 2.11. The maximum Gasteiger partial charge on any atom is 0.0385 e. The smallest absolute Gasteiger partial charge is 0.0385 e. The van der Waals surface area contributed by atoms with Crippen LogP contribution in [0.4, 0.5) is 0 Å². The van der Waals surface area contributed by atoms with Crippen LogP contribution in [-0.4, -0.2) is 10.2 Å². The molecule has 0 aliphatic heterocycles. The minimum Gasteiger partial charge on any atom is -0.152 e. The first kappa shape index (κ1) is 5.79. The van der Waals surface area contributed by atoms with E-state index < -0.39 is 0 Å². The van der Waals surface area contributed by atoms with Crippen LogP contribution in [0.3, 0.4) is 0 Å². The second-order valence-corrected chi connectivity index (χ2v) is 3.78. The van der Waals surface area contributed by atoms with Gasteiger partial charge in [-0.1, -0.05) is 5.20 Å². The number of rotatable bonds is 1. The van der Waals surface area contributed by atoms with Crippen molar-refractivity contribution < 1.29 is 0 Å². The summed E-state index contributed by atoms with van der Waals surface area (Å²) in [6.07, 6.45) is 0. The van der Waals surface area contributed by atoms with Crippen molar-refractivity contribution in [3.8, 4) is 0 Å². The lowest BCUT2D eigenvalue weighted by atomic mass is 10.3. The van der Waals surface area contributed by atoms with E-state index in [0.29, 0.717) is 0 Å². The van der Waals surface area contributed by atoms with Gasteiger partial charge in [-0.2, -0.15) is 11.3 Å². The Morgan fingerprint density at radius 3 is 2.75 bits per heavy atom. The van der Waals surface area contributed by atoms with Gasteiger partial charge in [-0.3, -0.25) is 0 Å². The molecule has 0 aromatic carbocycles. The van der Waals surface area contributed by atoms with E-state index in [1.807, 2.05) is 0 Å². The van der Waals surface area contributed by atoms with Crippen molar-refractivity contribution in [1.82, 2.24) is 0 Å². The third-order valence-corrected chi connectivity index (χ3v) is 2.27. The monoisotopic (exact) mass is 140 g/mol. The second kappa shape index (κ2) is 2.28. The maximum atomic E-state index is 3.87. The Kier molecular flexibility index (Phi) is 1.65. The van der Waals surface area contributed by atoms with Gasteiger partial charge in [-0.25, -0.2) is 0 Å². The Morgan fingerprint density at radius 1 is 1.75 bits per heavy atom. The zero-order chi connectivity index (χ0) is 5.98. The highest BCUT2D eigenvalue weighted by atomic mass is 32.1. The molecule has 1 aromatic rings. The van der Waals surface area contributed by atoms with Gasteiger partial charge in [0.25, 0.3) is 0 Å². The van der Waals surface area contributed by atoms with E-state index in [0.717, 1.165) is 10.2 Å². The third kappa shape index (κ3) is 1.08. The van der Waals surface area contributed by atoms with Gasteiger partial charge < -0.3 is 0 Å². The lowest BCUT2D eigenvalue weighted by molar-refractivity contribution is 1.87. The Labute approximate surface area is 56.3 Å². The summed E-state index contributed by atoms with van der Waals surface area (Å²) in [7, 11) is 1.08. The molecule has 0 unspecified atom stereocenters. The molecule has 0 amide bonds. The van der Waals surface area contributed by atoms with Gasteiger partial charge >= 0.3 is 0 Å². The lowest BCUT2D eigenvalue weighted by Gasteiger charge is -1.87. The maximum absolute atomic E-state index is 3.87. The Bertz CT molecular complexity index is 176. The summed E-state index contributed by atoms with van der Waals surface area (Å²) < 4.78 is 0. The lowest BCUT2D eigenvalue weighted by Crippen LogP contribution is -1.71. The fourth-order valence-corrected chi connectivity index (χ4v) is 1.76. The average molecular weight is 140 g/mol. The van der Waals surface area contributed by atoms with Crippen molar-refractivity contribution in [3.63, 3.8) is 0 Å². The van der Waals surface area contributed by atoms with Gasteiger partial charge in [-0.15, -0.1) is 6.58 Å². The summed E-state index contributed by atoms with van der Waals surface area (Å²) in [5, 5.41) is 5.50. The van der Waals surface area contributed by atoms with E-state index >= 15 is 0 Å². The third-order valence-electron chi connectivity index (χ3n) is 1.01. The van der Waals surface area contributed by atoms with Crippen LogP contribution in [0, 0.1) is 0 Å². The van der Waals surface area contributed by atoms with Crippen molar-refractivity contribution in [2.24, 2.45) is 0 Å². The van der Waals surface area contributed by atoms with E-state index in [4.69, 9.17) is 0 Å². The predicted octanol–water partition coefficient (Wildman–Crippen LogP) is 1.08. The van der Waals surface area contributed by atoms with Crippen LogP contribution >= 0.6 is 11.3 Å². The van der Waals surface area contributed by atoms with Crippen LogP contribution in [0.25, 0.3) is 5.20 Å². The molecule has 0 fully saturated rings. The van der Waals surface area contributed by atoms with Crippen LogP contribution in [-0.2, 0) is 0 Å². The number of thiophene rings is 1. The number of hydrogen-bond acceptors (Lipinski definition) is 1. The largest absolute Gasteiger partial charge is 0.152 e. The zero-order valence-corrected chi connectivity index (χ0v) is 7.66. The summed E-state index contributed by atoms with van der Waals surface area (Å²) in [6.45, 7) is 3.87. The zero-order valence-electron chi connectivity index (χ0n) is 4.85. The molecule has 1 rings (SSSR count). The molecule has 1 aromatic heterocycles. The molecule has 1 heterocycles. The fourth-order valence-electron chi connectivity index (χ4n) is 0.507. The van der Waals surface area contributed by atoms with Crippen LogP contribution in [0.2, 0.25) is 0 Å². The first-order valence-corrected chi connectivity index (χ1v) is 4.43. The summed E-state index contributed by atoms with van der Waals surface area (Å²) in [4.78, 5) is 0. The van der Waals surface area contributed by atoms with Crippen LogP contribution in [0.1, 0.15) is 5.56 Å². The van der Waals surface area contributed by atoms with E-state index in [-0.39, 0.29) is 0 Å². The molecule has 2 heteroatoms. The minimum absolute atomic E-state index is 1.08. The molecule has 0 bridgehead atoms. The second-order valence-electron chi connectivity index (χ2n) is 1.79. The van der Waals surface area contributed by atoms with E-state index in [9.17, 15) is 0 Å². The Hall–Kier alpha value is -0.343. The SMILES string of the molecule is C=C([SiH3])c1ccsc1. The average Bonchev–Trinajstić information content (AvgIpc) is 2.12. The van der Waals surface area contributed by atoms with Crippen molar-refractivity contribution >= 4 is 26.8 Å². The van der Waals surface area contributed by atoms with Gasteiger partial charge in [0.15, 0.2) is 0 Å². The summed E-state index contributed by atoms with van der Waals surface area (Å²) in [6, 6.07) is 2.11. The summed E-state index contributed by atoms with van der Waals surface area (Å²) in [5.41, 5.74) is 1.32. The first-order valence-electron chi connectivity index (χ1n) is 2.49. The van der Waals surface area contributed by atoms with Crippen LogP contribution in [0.15, 0.2) is 23.4 Å². The highest BCUT2D eigenvalue weighted by Gasteiger charge is 1.88. The van der Waals surface area contributed by atoms with Crippen molar-refractivity contribution in [2.75, 3.05) is 0 Å². The normalized spacial score (nSPS) is 9.50. The molecular formula is C6H8SSi. The van der Waals surface area contributed by atoms with E-state index in [1.165, 1.54) is 10.8 Å². The summed E-state index contributed by atoms with van der Waals surface area (Å²) in [5.74, 6) is 0. The summed E-state index contributed by atoms with van der Waals surface area (Å²) >= 11 is 1.73. The molecule has 8 heavy (non-hydrogen) atoms. The quantitative estimate of drug-likeness (QED) is 0.512. The molecule has 0 aliphatic carbocycles. The van der Waals surface area contributed by atoms with Crippen LogP contribution < -0.4 is 0 Å². The molecule has 0 N–H and O–H groups in total. The molecular weight excluding hydrogens is 132 g/mol. The molecule has 0 radical (unpaired) electrons. The minimum atomic E-state index is 1.08. The molecule has 0 nitrogen and oxygen atoms in total. The highest BCUT2D eigenvalue weighted by molar-refractivity contribution is 7.08. The van der Waals surface area contributed by atoms with Gasteiger partial charge in [0, 0.05) is 10.2 Å². The molecule has 0 spiro atoms. The number of hydrogen-bond donors (Lipinski definition) is 0. The van der Waals surface area contributed by atoms with Gasteiger partial charge in [0.2, 0.25) is 0 Å². The molecule has 0 aliphatic rings. The first-order chi connectivity index (χ1) is 3.80. The van der Waals surface area contributed by atoms with E-state index in [1.54, 1.807) is 11.3 Å². The van der Waals surface area contributed by atoms with Gasteiger partial charge in [0.05, 0.1) is 0 Å². The van der Waals surface area contributed by atoms with Crippen molar-refractivity contribution in [1.29, 1.82) is 0 Å². The molecule has 0 saturated heterocycles. The Morgan fingerprint density at radius 2 is 2.50 bits per heavy atom. The topological polar surface area (TPSA) is 0 Å². The van der Waals surface area contributed by atoms with Crippen molar-refractivity contribution in [3.05, 3.63) is 29.0 Å².